The summed E-state index contributed by atoms with van der Waals surface area (Å²) >= 11 is 0. The third-order valence-corrected chi connectivity index (χ3v) is 1.71. The summed E-state index contributed by atoms with van der Waals surface area (Å²) in [4.78, 5) is 0. The number of methoxy groups -OCH3 is 1. The van der Waals surface area contributed by atoms with E-state index in [1.54, 1.807) is 19.2 Å². The largest absolute Gasteiger partial charge is 0.497 e. The van der Waals surface area contributed by atoms with Crippen LogP contribution in [0.2, 0.25) is 0 Å². The number of rotatable bonds is 1. The molecule has 1 aliphatic rings. The Morgan fingerprint density at radius 2 is 2.25 bits per heavy atom. The Morgan fingerprint density at radius 3 is 3.00 bits per heavy atom. The maximum atomic E-state index is 5.66. The fourth-order valence-electron chi connectivity index (χ4n) is 1.13. The second-order valence-electron chi connectivity index (χ2n) is 2.45. The van der Waals surface area contributed by atoms with Crippen LogP contribution in [0.25, 0.3) is 0 Å². The van der Waals surface area contributed by atoms with Gasteiger partial charge in [-0.25, -0.2) is 0 Å². The van der Waals surface area contributed by atoms with E-state index in [2.05, 4.69) is 0 Å². The highest BCUT2D eigenvalue weighted by Crippen LogP contribution is 2.40. The molecule has 0 unspecified atom stereocenters. The Bertz CT molecular complexity index is 311. The quantitative estimate of drug-likeness (QED) is 0.634. The van der Waals surface area contributed by atoms with E-state index in [0.717, 1.165) is 0 Å². The number of ether oxygens (including phenoxy) is 3. The Hall–Kier alpha value is -1.58. The van der Waals surface area contributed by atoms with Crippen LogP contribution in [0, 0.1) is 0 Å². The minimum absolute atomic E-state index is 0.229. The van der Waals surface area contributed by atoms with E-state index >= 15 is 0 Å². The lowest BCUT2D eigenvalue weighted by Crippen LogP contribution is -1.94. The zero-order valence-electron chi connectivity index (χ0n) is 6.66. The van der Waals surface area contributed by atoms with E-state index in [1.165, 1.54) is 0 Å². The molecule has 2 N–H and O–H groups in total. The number of hydrogen-bond donors (Lipinski definition) is 1. The van der Waals surface area contributed by atoms with E-state index in [-0.39, 0.29) is 6.79 Å². The topological polar surface area (TPSA) is 53.7 Å². The number of anilines is 1. The smallest absolute Gasteiger partial charge is 0.231 e. The lowest BCUT2D eigenvalue weighted by atomic mass is 10.2. The summed E-state index contributed by atoms with van der Waals surface area (Å²) in [6.45, 7) is 0.229. The summed E-state index contributed by atoms with van der Waals surface area (Å²) in [7, 11) is 1.58. The Kier molecular flexibility index (Phi) is 1.46. The van der Waals surface area contributed by atoms with Crippen molar-refractivity contribution in [3.8, 4) is 17.2 Å². The van der Waals surface area contributed by atoms with Crippen LogP contribution < -0.4 is 19.9 Å². The van der Waals surface area contributed by atoms with Gasteiger partial charge in [0.2, 0.25) is 6.79 Å². The fourth-order valence-corrected chi connectivity index (χ4v) is 1.13. The number of hydrogen-bond acceptors (Lipinski definition) is 4. The first-order chi connectivity index (χ1) is 5.81. The average Bonchev–Trinajstić information content (AvgIpc) is 2.52. The van der Waals surface area contributed by atoms with Crippen molar-refractivity contribution in [3.63, 3.8) is 0 Å². The molecular weight excluding hydrogens is 158 g/mol. The molecule has 0 saturated carbocycles. The minimum Gasteiger partial charge on any atom is -0.497 e. The minimum atomic E-state index is 0.229. The second kappa shape index (κ2) is 2.48. The first kappa shape index (κ1) is 7.09. The average molecular weight is 167 g/mol. The van der Waals surface area contributed by atoms with Crippen molar-refractivity contribution in [1.29, 1.82) is 0 Å². The molecule has 12 heavy (non-hydrogen) atoms. The van der Waals surface area contributed by atoms with Gasteiger partial charge in [0.25, 0.3) is 0 Å². The summed E-state index contributed by atoms with van der Waals surface area (Å²) in [6.07, 6.45) is 0. The first-order valence-electron chi connectivity index (χ1n) is 3.54. The molecule has 0 bridgehead atoms. The molecule has 4 heteroatoms. The summed E-state index contributed by atoms with van der Waals surface area (Å²) < 4.78 is 15.3. The maximum absolute atomic E-state index is 5.66. The van der Waals surface area contributed by atoms with Crippen molar-refractivity contribution in [1.82, 2.24) is 0 Å². The van der Waals surface area contributed by atoms with Gasteiger partial charge in [0.1, 0.15) is 5.75 Å². The lowest BCUT2D eigenvalue weighted by molar-refractivity contribution is 0.174. The molecule has 0 spiro atoms. The van der Waals surface area contributed by atoms with Crippen LogP contribution in [0.15, 0.2) is 12.1 Å². The molecule has 0 atom stereocenters. The molecule has 0 amide bonds. The molecule has 0 radical (unpaired) electrons. The van der Waals surface area contributed by atoms with Gasteiger partial charge in [0, 0.05) is 12.1 Å². The molecule has 1 heterocycles. The van der Waals surface area contributed by atoms with Gasteiger partial charge in [-0.05, 0) is 0 Å². The van der Waals surface area contributed by atoms with E-state index < -0.39 is 0 Å². The zero-order valence-corrected chi connectivity index (χ0v) is 6.66. The van der Waals surface area contributed by atoms with Crippen LogP contribution >= 0.6 is 0 Å². The summed E-state index contributed by atoms with van der Waals surface area (Å²) in [5, 5.41) is 0. The number of nitrogen functional groups attached to an aromatic ring is 1. The normalized spacial score (nSPS) is 13.1. The molecular formula is C8H9NO3. The van der Waals surface area contributed by atoms with Crippen molar-refractivity contribution in [2.45, 2.75) is 0 Å². The summed E-state index contributed by atoms with van der Waals surface area (Å²) in [5.41, 5.74) is 6.21. The highest BCUT2D eigenvalue weighted by Gasteiger charge is 2.17. The van der Waals surface area contributed by atoms with Crippen LogP contribution in [-0.2, 0) is 0 Å². The van der Waals surface area contributed by atoms with Gasteiger partial charge >= 0.3 is 0 Å². The molecule has 64 valence electrons. The molecule has 1 aromatic rings. The molecule has 0 saturated heterocycles. The standard InChI is InChI=1S/C8H9NO3/c1-10-5-2-6(9)8-7(3-5)11-4-12-8/h2-3H,4,9H2,1H3. The van der Waals surface area contributed by atoms with Gasteiger partial charge in [0.05, 0.1) is 12.8 Å². The van der Waals surface area contributed by atoms with E-state index in [9.17, 15) is 0 Å². The fraction of sp³-hybridized carbons (Fsp3) is 0.250. The van der Waals surface area contributed by atoms with Gasteiger partial charge in [-0.2, -0.15) is 0 Å². The number of nitrogens with two attached hydrogens (primary N) is 1. The second-order valence-corrected chi connectivity index (χ2v) is 2.45. The van der Waals surface area contributed by atoms with Crippen molar-refractivity contribution < 1.29 is 14.2 Å². The molecule has 0 aliphatic carbocycles. The molecule has 4 nitrogen and oxygen atoms in total. The van der Waals surface area contributed by atoms with Gasteiger partial charge in [-0.3, -0.25) is 0 Å². The Morgan fingerprint density at radius 1 is 1.42 bits per heavy atom. The molecule has 0 fully saturated rings. The first-order valence-corrected chi connectivity index (χ1v) is 3.54. The van der Waals surface area contributed by atoms with Gasteiger partial charge in [0.15, 0.2) is 11.5 Å². The molecule has 0 aromatic heterocycles. The number of fused-ring (bicyclic) bond motifs is 1. The van der Waals surface area contributed by atoms with Crippen LogP contribution in [0.1, 0.15) is 0 Å². The molecule has 1 aromatic carbocycles. The van der Waals surface area contributed by atoms with Crippen LogP contribution in [-0.4, -0.2) is 13.9 Å². The summed E-state index contributed by atoms with van der Waals surface area (Å²) in [6, 6.07) is 3.45. The van der Waals surface area contributed by atoms with Crippen molar-refractivity contribution in [2.75, 3.05) is 19.6 Å². The predicted octanol–water partition coefficient (Wildman–Crippen LogP) is 1.01. The third kappa shape index (κ3) is 0.922. The van der Waals surface area contributed by atoms with Crippen LogP contribution in [0.3, 0.4) is 0 Å². The van der Waals surface area contributed by atoms with E-state index in [1.807, 2.05) is 0 Å². The van der Waals surface area contributed by atoms with Gasteiger partial charge in [-0.15, -0.1) is 0 Å². The lowest BCUT2D eigenvalue weighted by Gasteiger charge is -2.03. The van der Waals surface area contributed by atoms with Crippen molar-refractivity contribution in [2.24, 2.45) is 0 Å². The van der Waals surface area contributed by atoms with E-state index in [4.69, 9.17) is 19.9 Å². The Labute approximate surface area is 69.8 Å². The zero-order chi connectivity index (χ0) is 8.55. The van der Waals surface area contributed by atoms with Crippen molar-refractivity contribution >= 4 is 5.69 Å². The highest BCUT2D eigenvalue weighted by molar-refractivity contribution is 5.64. The van der Waals surface area contributed by atoms with Crippen LogP contribution in [0.5, 0.6) is 17.2 Å². The van der Waals surface area contributed by atoms with Crippen LogP contribution in [0.4, 0.5) is 5.69 Å². The number of benzene rings is 1. The predicted molar refractivity (Wildman–Crippen MR) is 43.5 cm³/mol. The highest BCUT2D eigenvalue weighted by atomic mass is 16.7. The third-order valence-electron chi connectivity index (χ3n) is 1.71. The molecule has 1 aliphatic heterocycles. The SMILES string of the molecule is COc1cc(N)c2c(c1)OCO2. The summed E-state index contributed by atoms with van der Waals surface area (Å²) in [5.74, 6) is 1.93. The van der Waals surface area contributed by atoms with Crippen molar-refractivity contribution in [3.05, 3.63) is 12.1 Å². The van der Waals surface area contributed by atoms with Gasteiger partial charge in [-0.1, -0.05) is 0 Å². The monoisotopic (exact) mass is 167 g/mol. The van der Waals surface area contributed by atoms with E-state index in [0.29, 0.717) is 22.9 Å². The molecule has 2 rings (SSSR count). The van der Waals surface area contributed by atoms with Gasteiger partial charge < -0.3 is 19.9 Å². The Balaban J connectivity index is 2.51. The maximum Gasteiger partial charge on any atom is 0.231 e.